The summed E-state index contributed by atoms with van der Waals surface area (Å²) < 4.78 is 12.5. The van der Waals surface area contributed by atoms with Crippen LogP contribution in [-0.2, 0) is 0 Å². The molecule has 0 bridgehead atoms. The van der Waals surface area contributed by atoms with Crippen LogP contribution in [0.5, 0.6) is 0 Å². The maximum absolute atomic E-state index is 12.5. The molecule has 0 fully saturated rings. The number of nitrogens with one attached hydrogen (secondary N) is 1. The molecule has 0 saturated carbocycles. The summed E-state index contributed by atoms with van der Waals surface area (Å²) in [4.78, 5) is 11.3. The molecule has 1 aromatic rings. The minimum Gasteiger partial charge on any atom is -0.351 e. The van der Waals surface area contributed by atoms with Gasteiger partial charge in [-0.3, -0.25) is 4.79 Å². The van der Waals surface area contributed by atoms with Crippen LogP contribution in [0.25, 0.3) is 0 Å². The highest BCUT2D eigenvalue weighted by atomic mass is 79.9. The van der Waals surface area contributed by atoms with E-state index in [1.807, 2.05) is 0 Å². The van der Waals surface area contributed by atoms with E-state index < -0.39 is 0 Å². The molecule has 2 nitrogen and oxygen atoms in total. The standard InChI is InChI=1S/C9H9BrFNO/c10-5-6-12-9(13)7-1-3-8(11)4-2-7/h1-4H,5-6H2,(H,12,13). The zero-order valence-corrected chi connectivity index (χ0v) is 8.47. The van der Waals surface area contributed by atoms with Crippen LogP contribution in [0.3, 0.4) is 0 Å². The molecule has 0 spiro atoms. The average Bonchev–Trinajstić information content (AvgIpc) is 2.15. The number of carbonyl (C=O) groups is 1. The number of rotatable bonds is 3. The van der Waals surface area contributed by atoms with Gasteiger partial charge in [-0.05, 0) is 24.3 Å². The van der Waals surface area contributed by atoms with Crippen molar-refractivity contribution in [3.05, 3.63) is 35.6 Å². The van der Waals surface area contributed by atoms with Gasteiger partial charge in [0, 0.05) is 17.4 Å². The number of hydrogen-bond acceptors (Lipinski definition) is 1. The van der Waals surface area contributed by atoms with Gasteiger partial charge in [0.1, 0.15) is 5.82 Å². The quantitative estimate of drug-likeness (QED) is 0.811. The van der Waals surface area contributed by atoms with Crippen LogP contribution in [0.2, 0.25) is 0 Å². The second-order valence-corrected chi connectivity index (χ2v) is 3.24. The molecule has 0 atom stereocenters. The lowest BCUT2D eigenvalue weighted by Gasteiger charge is -2.01. The molecule has 4 heteroatoms. The fraction of sp³-hybridized carbons (Fsp3) is 0.222. The van der Waals surface area contributed by atoms with Crippen LogP contribution in [0.4, 0.5) is 4.39 Å². The summed E-state index contributed by atoms with van der Waals surface area (Å²) in [5, 5.41) is 3.37. The van der Waals surface area contributed by atoms with Crippen molar-refractivity contribution in [3.63, 3.8) is 0 Å². The second-order valence-electron chi connectivity index (χ2n) is 2.45. The zero-order chi connectivity index (χ0) is 9.68. The Morgan fingerprint density at radius 3 is 2.54 bits per heavy atom. The number of hydrogen-bond donors (Lipinski definition) is 1. The van der Waals surface area contributed by atoms with Crippen LogP contribution in [0.15, 0.2) is 24.3 Å². The first-order valence-electron chi connectivity index (χ1n) is 3.84. The molecule has 0 saturated heterocycles. The predicted octanol–water partition coefficient (Wildman–Crippen LogP) is 1.95. The molecule has 70 valence electrons. The molecule has 0 aromatic heterocycles. The van der Waals surface area contributed by atoms with E-state index in [1.54, 1.807) is 0 Å². The first-order chi connectivity index (χ1) is 6.24. The smallest absolute Gasteiger partial charge is 0.251 e. The van der Waals surface area contributed by atoms with Crippen molar-refractivity contribution in [2.24, 2.45) is 0 Å². The van der Waals surface area contributed by atoms with E-state index in [2.05, 4.69) is 21.2 Å². The molecule has 0 heterocycles. The van der Waals surface area contributed by atoms with Gasteiger partial charge in [-0.1, -0.05) is 15.9 Å². The number of benzene rings is 1. The van der Waals surface area contributed by atoms with E-state index in [4.69, 9.17) is 0 Å². The molecule has 0 radical (unpaired) electrons. The highest BCUT2D eigenvalue weighted by Gasteiger charge is 2.03. The van der Waals surface area contributed by atoms with E-state index >= 15 is 0 Å². The maximum Gasteiger partial charge on any atom is 0.251 e. The van der Waals surface area contributed by atoms with Crippen LogP contribution >= 0.6 is 15.9 Å². The van der Waals surface area contributed by atoms with Gasteiger partial charge in [0.05, 0.1) is 0 Å². The third-order valence-electron chi connectivity index (χ3n) is 1.49. The Labute approximate surface area is 84.3 Å². The van der Waals surface area contributed by atoms with Crippen molar-refractivity contribution in [3.8, 4) is 0 Å². The molecule has 13 heavy (non-hydrogen) atoms. The Morgan fingerprint density at radius 1 is 1.38 bits per heavy atom. The summed E-state index contributed by atoms with van der Waals surface area (Å²) in [6.07, 6.45) is 0. The minimum atomic E-state index is -0.336. The second kappa shape index (κ2) is 4.97. The molecule has 0 aliphatic rings. The van der Waals surface area contributed by atoms with E-state index in [1.165, 1.54) is 24.3 Å². The van der Waals surface area contributed by atoms with Gasteiger partial charge in [0.25, 0.3) is 5.91 Å². The van der Waals surface area contributed by atoms with Crippen LogP contribution < -0.4 is 5.32 Å². The van der Waals surface area contributed by atoms with Crippen LogP contribution in [-0.4, -0.2) is 17.8 Å². The van der Waals surface area contributed by atoms with Crippen molar-refractivity contribution < 1.29 is 9.18 Å². The van der Waals surface area contributed by atoms with Gasteiger partial charge < -0.3 is 5.32 Å². The topological polar surface area (TPSA) is 29.1 Å². The first kappa shape index (κ1) is 10.2. The van der Waals surface area contributed by atoms with Gasteiger partial charge >= 0.3 is 0 Å². The van der Waals surface area contributed by atoms with Gasteiger partial charge in [-0.25, -0.2) is 4.39 Å². The number of carbonyl (C=O) groups excluding carboxylic acids is 1. The summed E-state index contributed by atoms with van der Waals surface area (Å²) >= 11 is 3.19. The largest absolute Gasteiger partial charge is 0.351 e. The number of halogens is 2. The first-order valence-corrected chi connectivity index (χ1v) is 4.96. The molecule has 0 aliphatic heterocycles. The fourth-order valence-corrected chi connectivity index (χ4v) is 1.06. The van der Waals surface area contributed by atoms with E-state index in [0.29, 0.717) is 17.4 Å². The Kier molecular flexibility index (Phi) is 3.89. The Hall–Kier alpha value is -0.900. The highest BCUT2D eigenvalue weighted by molar-refractivity contribution is 9.09. The third kappa shape index (κ3) is 3.14. The van der Waals surface area contributed by atoms with E-state index in [-0.39, 0.29) is 11.7 Å². The maximum atomic E-state index is 12.5. The lowest BCUT2D eigenvalue weighted by atomic mass is 10.2. The molecular weight excluding hydrogens is 237 g/mol. The average molecular weight is 246 g/mol. The van der Waals surface area contributed by atoms with Crippen molar-refractivity contribution in [2.45, 2.75) is 0 Å². The summed E-state index contributed by atoms with van der Waals surface area (Å²) in [6, 6.07) is 5.45. The van der Waals surface area contributed by atoms with Crippen LogP contribution in [0.1, 0.15) is 10.4 Å². The molecule has 0 unspecified atom stereocenters. The predicted molar refractivity (Wildman–Crippen MR) is 52.5 cm³/mol. The number of alkyl halides is 1. The van der Waals surface area contributed by atoms with Crippen molar-refractivity contribution in [2.75, 3.05) is 11.9 Å². The Balaban J connectivity index is 2.61. The van der Waals surface area contributed by atoms with Crippen molar-refractivity contribution in [1.29, 1.82) is 0 Å². The van der Waals surface area contributed by atoms with E-state index in [9.17, 15) is 9.18 Å². The molecule has 1 amide bonds. The van der Waals surface area contributed by atoms with Crippen molar-refractivity contribution in [1.82, 2.24) is 5.32 Å². The SMILES string of the molecule is O=C(NCCBr)c1ccc(F)cc1. The zero-order valence-electron chi connectivity index (χ0n) is 6.89. The molecular formula is C9H9BrFNO. The summed E-state index contributed by atoms with van der Waals surface area (Å²) in [5.74, 6) is -0.517. The normalized spacial score (nSPS) is 9.69. The molecule has 1 aromatic carbocycles. The molecule has 0 aliphatic carbocycles. The van der Waals surface area contributed by atoms with Gasteiger partial charge in [0.2, 0.25) is 0 Å². The van der Waals surface area contributed by atoms with Gasteiger partial charge in [-0.2, -0.15) is 0 Å². The lowest BCUT2D eigenvalue weighted by molar-refractivity contribution is 0.0956. The summed E-state index contributed by atoms with van der Waals surface area (Å²) in [6.45, 7) is 0.566. The number of amides is 1. The monoisotopic (exact) mass is 245 g/mol. The summed E-state index contributed by atoms with van der Waals surface area (Å²) in [7, 11) is 0. The Morgan fingerprint density at radius 2 is 2.00 bits per heavy atom. The van der Waals surface area contributed by atoms with Gasteiger partial charge in [0.15, 0.2) is 0 Å². The Bertz CT molecular complexity index is 286. The van der Waals surface area contributed by atoms with Crippen molar-refractivity contribution >= 4 is 21.8 Å². The molecule has 1 N–H and O–H groups in total. The highest BCUT2D eigenvalue weighted by Crippen LogP contribution is 2.01. The third-order valence-corrected chi connectivity index (χ3v) is 1.88. The molecule has 1 rings (SSSR count). The lowest BCUT2D eigenvalue weighted by Crippen LogP contribution is -2.25. The van der Waals surface area contributed by atoms with E-state index in [0.717, 1.165) is 0 Å². The fourth-order valence-electron chi connectivity index (χ4n) is 0.864. The summed E-state index contributed by atoms with van der Waals surface area (Å²) in [5.41, 5.74) is 0.474. The van der Waals surface area contributed by atoms with Gasteiger partial charge in [-0.15, -0.1) is 0 Å². The van der Waals surface area contributed by atoms with Crippen LogP contribution in [0, 0.1) is 5.82 Å². The minimum absolute atomic E-state index is 0.181.